The van der Waals surface area contributed by atoms with Crippen molar-refractivity contribution in [1.82, 2.24) is 4.98 Å². The summed E-state index contributed by atoms with van der Waals surface area (Å²) in [6.45, 7) is 0.845. The van der Waals surface area contributed by atoms with Gasteiger partial charge in [0.15, 0.2) is 0 Å². The Balaban J connectivity index is 1.92. The van der Waals surface area contributed by atoms with Crippen molar-refractivity contribution < 1.29 is 4.74 Å². The van der Waals surface area contributed by atoms with E-state index in [2.05, 4.69) is 20.9 Å². The van der Waals surface area contributed by atoms with Crippen LogP contribution in [0.3, 0.4) is 0 Å². The van der Waals surface area contributed by atoms with Crippen LogP contribution in [0.15, 0.2) is 22.9 Å². The van der Waals surface area contributed by atoms with E-state index in [1.807, 2.05) is 6.07 Å². The lowest BCUT2D eigenvalue weighted by Gasteiger charge is -2.03. The molecule has 1 aliphatic carbocycles. The molecule has 0 aromatic carbocycles. The molecule has 12 heavy (non-hydrogen) atoms. The van der Waals surface area contributed by atoms with Gasteiger partial charge in [-0.3, -0.25) is 4.98 Å². The van der Waals surface area contributed by atoms with Crippen LogP contribution in [0, 0.1) is 5.92 Å². The number of ether oxygens (including phenoxy) is 1. The molecule has 3 heteroatoms. The smallest absolute Gasteiger partial charge is 0.138 e. The fourth-order valence-electron chi connectivity index (χ4n) is 0.970. The summed E-state index contributed by atoms with van der Waals surface area (Å²) in [5.74, 6) is 1.65. The Morgan fingerprint density at radius 3 is 3.00 bits per heavy atom. The predicted molar refractivity (Wildman–Crippen MR) is 50.2 cm³/mol. The van der Waals surface area contributed by atoms with Gasteiger partial charge in [-0.2, -0.15) is 0 Å². The molecule has 2 nitrogen and oxygen atoms in total. The highest BCUT2D eigenvalue weighted by Crippen LogP contribution is 2.29. The first kappa shape index (κ1) is 8.05. The Morgan fingerprint density at radius 1 is 1.50 bits per heavy atom. The van der Waals surface area contributed by atoms with Crippen LogP contribution in [0.1, 0.15) is 12.8 Å². The summed E-state index contributed by atoms with van der Waals surface area (Å²) in [4.78, 5) is 4.01. The number of pyridine rings is 1. The van der Waals surface area contributed by atoms with Crippen LogP contribution in [0.4, 0.5) is 0 Å². The third-order valence-electron chi connectivity index (χ3n) is 1.86. The van der Waals surface area contributed by atoms with Gasteiger partial charge in [0.05, 0.1) is 12.8 Å². The number of nitrogens with zero attached hydrogens (tertiary/aromatic N) is 1. The van der Waals surface area contributed by atoms with Crippen molar-refractivity contribution in [2.75, 3.05) is 6.61 Å². The van der Waals surface area contributed by atoms with E-state index in [0.717, 1.165) is 22.7 Å². The van der Waals surface area contributed by atoms with Gasteiger partial charge in [0, 0.05) is 10.7 Å². The maximum atomic E-state index is 5.52. The van der Waals surface area contributed by atoms with Crippen LogP contribution in [-0.4, -0.2) is 11.6 Å². The van der Waals surface area contributed by atoms with Gasteiger partial charge < -0.3 is 4.74 Å². The van der Waals surface area contributed by atoms with Gasteiger partial charge in [0.25, 0.3) is 0 Å². The van der Waals surface area contributed by atoms with Crippen LogP contribution in [0.2, 0.25) is 0 Å². The molecule has 0 amide bonds. The van der Waals surface area contributed by atoms with E-state index in [1.165, 1.54) is 12.8 Å². The summed E-state index contributed by atoms with van der Waals surface area (Å²) in [6, 6.07) is 1.94. The van der Waals surface area contributed by atoms with Crippen molar-refractivity contribution in [3.63, 3.8) is 0 Å². The monoisotopic (exact) mass is 227 g/mol. The van der Waals surface area contributed by atoms with Gasteiger partial charge in [-0.25, -0.2) is 0 Å². The van der Waals surface area contributed by atoms with E-state index >= 15 is 0 Å². The molecule has 64 valence electrons. The summed E-state index contributed by atoms with van der Waals surface area (Å²) < 4.78 is 6.49. The number of hydrogen-bond donors (Lipinski definition) is 0. The molecule has 1 aliphatic rings. The van der Waals surface area contributed by atoms with Crippen molar-refractivity contribution >= 4 is 15.9 Å². The molecule has 2 rings (SSSR count). The van der Waals surface area contributed by atoms with E-state index in [0.29, 0.717) is 0 Å². The van der Waals surface area contributed by atoms with Crippen molar-refractivity contribution in [3.8, 4) is 5.75 Å². The lowest BCUT2D eigenvalue weighted by atomic mass is 10.4. The minimum absolute atomic E-state index is 0.795. The molecule has 0 saturated heterocycles. The van der Waals surface area contributed by atoms with E-state index < -0.39 is 0 Å². The minimum Gasteiger partial charge on any atom is -0.492 e. The molecule has 0 spiro atoms. The molecular formula is C9H10BrNO. The maximum Gasteiger partial charge on any atom is 0.138 e. The summed E-state index contributed by atoms with van der Waals surface area (Å²) in [5, 5.41) is 0. The van der Waals surface area contributed by atoms with Crippen molar-refractivity contribution in [2.45, 2.75) is 12.8 Å². The average molecular weight is 228 g/mol. The summed E-state index contributed by atoms with van der Waals surface area (Å²) in [7, 11) is 0. The normalized spacial score (nSPS) is 16.1. The Morgan fingerprint density at radius 2 is 2.33 bits per heavy atom. The number of hydrogen-bond acceptors (Lipinski definition) is 2. The van der Waals surface area contributed by atoms with Crippen LogP contribution in [0.25, 0.3) is 0 Å². The van der Waals surface area contributed by atoms with Crippen LogP contribution in [-0.2, 0) is 0 Å². The van der Waals surface area contributed by atoms with E-state index in [1.54, 1.807) is 12.4 Å². The molecule has 1 aromatic rings. The Labute approximate surface area is 80.1 Å². The molecule has 0 atom stereocenters. The fourth-order valence-corrected chi connectivity index (χ4v) is 1.31. The predicted octanol–water partition coefficient (Wildman–Crippen LogP) is 2.63. The highest BCUT2D eigenvalue weighted by Gasteiger charge is 2.21. The molecule has 1 saturated carbocycles. The van der Waals surface area contributed by atoms with E-state index in [4.69, 9.17) is 4.74 Å². The third-order valence-corrected chi connectivity index (χ3v) is 2.30. The summed E-state index contributed by atoms with van der Waals surface area (Å²) >= 11 is 3.34. The molecular weight excluding hydrogens is 218 g/mol. The van der Waals surface area contributed by atoms with Crippen LogP contribution < -0.4 is 4.74 Å². The molecule has 0 unspecified atom stereocenters. The third kappa shape index (κ3) is 2.21. The summed E-state index contributed by atoms with van der Waals surface area (Å²) in [6.07, 6.45) is 6.14. The van der Waals surface area contributed by atoms with Crippen LogP contribution >= 0.6 is 15.9 Å². The molecule has 1 aromatic heterocycles. The molecule has 1 heterocycles. The lowest BCUT2D eigenvalue weighted by Crippen LogP contribution is -1.98. The largest absolute Gasteiger partial charge is 0.492 e. The second-order valence-corrected chi connectivity index (χ2v) is 4.01. The average Bonchev–Trinajstić information content (AvgIpc) is 2.84. The molecule has 0 bridgehead atoms. The number of aromatic nitrogens is 1. The van der Waals surface area contributed by atoms with Gasteiger partial charge in [-0.1, -0.05) is 0 Å². The molecule has 0 radical (unpaired) electrons. The first-order valence-corrected chi connectivity index (χ1v) is 4.87. The highest BCUT2D eigenvalue weighted by molar-refractivity contribution is 9.10. The first-order valence-electron chi connectivity index (χ1n) is 4.08. The zero-order valence-electron chi connectivity index (χ0n) is 6.66. The van der Waals surface area contributed by atoms with Gasteiger partial charge in [-0.15, -0.1) is 0 Å². The quantitative estimate of drug-likeness (QED) is 0.793. The van der Waals surface area contributed by atoms with Gasteiger partial charge in [0.1, 0.15) is 5.75 Å². The lowest BCUT2D eigenvalue weighted by molar-refractivity contribution is 0.298. The standard InChI is InChI=1S/C9H10BrNO/c10-8-3-9(5-11-4-8)12-6-7-1-2-7/h3-5,7H,1-2,6H2. The fraction of sp³-hybridized carbons (Fsp3) is 0.444. The second-order valence-electron chi connectivity index (χ2n) is 3.09. The van der Waals surface area contributed by atoms with E-state index in [-0.39, 0.29) is 0 Å². The Bertz CT molecular complexity index is 273. The SMILES string of the molecule is Brc1cncc(OCC2CC2)c1. The second kappa shape index (κ2) is 3.44. The number of halogens is 1. The van der Waals surface area contributed by atoms with E-state index in [9.17, 15) is 0 Å². The van der Waals surface area contributed by atoms with Gasteiger partial charge >= 0.3 is 0 Å². The first-order chi connectivity index (χ1) is 5.84. The zero-order valence-corrected chi connectivity index (χ0v) is 8.25. The Hall–Kier alpha value is -0.570. The number of rotatable bonds is 3. The highest BCUT2D eigenvalue weighted by atomic mass is 79.9. The molecule has 0 N–H and O–H groups in total. The van der Waals surface area contributed by atoms with Crippen LogP contribution in [0.5, 0.6) is 5.75 Å². The minimum atomic E-state index is 0.795. The van der Waals surface area contributed by atoms with Crippen molar-refractivity contribution in [2.24, 2.45) is 5.92 Å². The molecule has 1 fully saturated rings. The van der Waals surface area contributed by atoms with Crippen molar-refractivity contribution in [3.05, 3.63) is 22.9 Å². The molecule has 0 aliphatic heterocycles. The zero-order chi connectivity index (χ0) is 8.39. The van der Waals surface area contributed by atoms with Gasteiger partial charge in [-0.05, 0) is 40.8 Å². The van der Waals surface area contributed by atoms with Crippen molar-refractivity contribution in [1.29, 1.82) is 0 Å². The summed E-state index contributed by atoms with van der Waals surface area (Å²) in [5.41, 5.74) is 0. The van der Waals surface area contributed by atoms with Gasteiger partial charge in [0.2, 0.25) is 0 Å². The maximum absolute atomic E-state index is 5.52. The Kier molecular flexibility index (Phi) is 2.30. The topological polar surface area (TPSA) is 22.1 Å².